The molecule has 18 heavy (non-hydrogen) atoms. The quantitative estimate of drug-likeness (QED) is 0.838. The van der Waals surface area contributed by atoms with Crippen LogP contribution in [0.1, 0.15) is 11.1 Å². The van der Waals surface area contributed by atoms with Crippen LogP contribution in [0.3, 0.4) is 0 Å². The van der Waals surface area contributed by atoms with Gasteiger partial charge in [-0.1, -0.05) is 29.8 Å². The molecule has 0 radical (unpaired) electrons. The fourth-order valence-electron chi connectivity index (χ4n) is 2.10. The van der Waals surface area contributed by atoms with E-state index in [0.717, 1.165) is 12.1 Å². The summed E-state index contributed by atoms with van der Waals surface area (Å²) in [4.78, 5) is 13.8. The number of hydrogen-bond donors (Lipinski definition) is 1. The molecule has 1 atom stereocenters. The average molecular weight is 243 g/mol. The lowest BCUT2D eigenvalue weighted by atomic mass is 10.1. The van der Waals surface area contributed by atoms with E-state index < -0.39 is 0 Å². The largest absolute Gasteiger partial charge is 0.324 e. The summed E-state index contributed by atoms with van der Waals surface area (Å²) in [5.74, 6) is 0.0342. The molecular formula is C14H17N3O. The third kappa shape index (κ3) is 2.88. The molecule has 1 N–H and O–H groups in total. The molecule has 1 amide bonds. The molecule has 1 unspecified atom stereocenters. The van der Waals surface area contributed by atoms with Crippen molar-refractivity contribution in [3.63, 3.8) is 0 Å². The van der Waals surface area contributed by atoms with Crippen molar-refractivity contribution in [2.24, 2.45) is 0 Å². The first kappa shape index (κ1) is 12.6. The number of nitrogens with one attached hydrogen (secondary N) is 1. The van der Waals surface area contributed by atoms with E-state index in [1.165, 1.54) is 5.56 Å². The van der Waals surface area contributed by atoms with Crippen molar-refractivity contribution in [1.29, 1.82) is 5.26 Å². The van der Waals surface area contributed by atoms with Crippen LogP contribution in [0, 0.1) is 18.3 Å². The van der Waals surface area contributed by atoms with Crippen molar-refractivity contribution >= 4 is 5.91 Å². The number of nitrogens with zero attached hydrogens (tertiary/aromatic N) is 2. The molecule has 1 fully saturated rings. The van der Waals surface area contributed by atoms with Gasteiger partial charge in [0.1, 0.15) is 6.04 Å². The predicted octanol–water partition coefficient (Wildman–Crippen LogP) is 0.861. The van der Waals surface area contributed by atoms with Crippen LogP contribution < -0.4 is 5.32 Å². The van der Waals surface area contributed by atoms with Gasteiger partial charge >= 0.3 is 0 Å². The maximum absolute atomic E-state index is 12.2. The topological polar surface area (TPSA) is 56.1 Å². The van der Waals surface area contributed by atoms with Gasteiger partial charge in [-0.15, -0.1) is 0 Å². The summed E-state index contributed by atoms with van der Waals surface area (Å²) >= 11 is 0. The number of carbonyl (C=O) groups is 1. The summed E-state index contributed by atoms with van der Waals surface area (Å²) in [6.07, 6.45) is 0.373. The van der Waals surface area contributed by atoms with Gasteiger partial charge in [0.2, 0.25) is 5.91 Å². The lowest BCUT2D eigenvalue weighted by Crippen LogP contribution is -2.53. The minimum Gasteiger partial charge on any atom is -0.324 e. The molecule has 2 rings (SSSR count). The molecule has 0 bridgehead atoms. The standard InChI is InChI=1S/C14H17N3O/c1-11-2-4-12(5-3-11)8-14(18)17-7-6-16-10-13(17)9-15/h2-5,13,16H,6-8,10H2,1H3. The van der Waals surface area contributed by atoms with E-state index in [4.69, 9.17) is 5.26 Å². The van der Waals surface area contributed by atoms with Crippen molar-refractivity contribution < 1.29 is 4.79 Å². The SMILES string of the molecule is Cc1ccc(CC(=O)N2CCNCC2C#N)cc1. The van der Waals surface area contributed by atoms with Crippen LogP contribution in [0.15, 0.2) is 24.3 Å². The first-order chi connectivity index (χ1) is 8.70. The molecule has 0 aromatic heterocycles. The Morgan fingerprint density at radius 1 is 1.50 bits per heavy atom. The van der Waals surface area contributed by atoms with Crippen LogP contribution in [0.5, 0.6) is 0 Å². The Balaban J connectivity index is 2.02. The minimum absolute atomic E-state index is 0.0342. The van der Waals surface area contributed by atoms with Crippen molar-refractivity contribution in [1.82, 2.24) is 10.2 Å². The number of carbonyl (C=O) groups excluding carboxylic acids is 1. The van der Waals surface area contributed by atoms with E-state index in [-0.39, 0.29) is 11.9 Å². The van der Waals surface area contributed by atoms with E-state index in [1.54, 1.807) is 4.90 Å². The molecule has 4 nitrogen and oxygen atoms in total. The predicted molar refractivity (Wildman–Crippen MR) is 68.9 cm³/mol. The normalized spacial score (nSPS) is 19.3. The Morgan fingerprint density at radius 3 is 2.89 bits per heavy atom. The van der Waals surface area contributed by atoms with Crippen LogP contribution in [0.2, 0.25) is 0 Å². The van der Waals surface area contributed by atoms with Gasteiger partial charge in [-0.25, -0.2) is 0 Å². The lowest BCUT2D eigenvalue weighted by Gasteiger charge is -2.32. The number of amides is 1. The average Bonchev–Trinajstić information content (AvgIpc) is 2.41. The lowest BCUT2D eigenvalue weighted by molar-refractivity contribution is -0.132. The Labute approximate surface area is 107 Å². The number of piperazine rings is 1. The molecule has 1 aliphatic heterocycles. The summed E-state index contributed by atoms with van der Waals surface area (Å²) in [5.41, 5.74) is 2.18. The van der Waals surface area contributed by atoms with Gasteiger partial charge in [0.05, 0.1) is 12.5 Å². The molecule has 1 saturated heterocycles. The van der Waals surface area contributed by atoms with Crippen LogP contribution >= 0.6 is 0 Å². The maximum atomic E-state index is 12.2. The number of rotatable bonds is 2. The van der Waals surface area contributed by atoms with Gasteiger partial charge in [0.25, 0.3) is 0 Å². The van der Waals surface area contributed by atoms with Crippen LogP contribution in [-0.4, -0.2) is 36.5 Å². The molecule has 0 saturated carbocycles. The fraction of sp³-hybridized carbons (Fsp3) is 0.429. The second kappa shape index (κ2) is 5.65. The van der Waals surface area contributed by atoms with Gasteiger partial charge in [-0.05, 0) is 12.5 Å². The Hall–Kier alpha value is -1.86. The number of hydrogen-bond acceptors (Lipinski definition) is 3. The zero-order valence-electron chi connectivity index (χ0n) is 10.5. The Kier molecular flexibility index (Phi) is 3.96. The van der Waals surface area contributed by atoms with Gasteiger partial charge in [-0.2, -0.15) is 5.26 Å². The molecule has 1 heterocycles. The Bertz CT molecular complexity index is 461. The maximum Gasteiger partial charge on any atom is 0.228 e. The third-order valence-corrected chi connectivity index (χ3v) is 3.19. The molecule has 0 aliphatic carbocycles. The second-order valence-electron chi connectivity index (χ2n) is 4.60. The zero-order valence-corrected chi connectivity index (χ0v) is 10.5. The highest BCUT2D eigenvalue weighted by atomic mass is 16.2. The highest BCUT2D eigenvalue weighted by Crippen LogP contribution is 2.09. The van der Waals surface area contributed by atoms with Crippen molar-refractivity contribution in [2.45, 2.75) is 19.4 Å². The van der Waals surface area contributed by atoms with E-state index in [0.29, 0.717) is 19.5 Å². The molecule has 1 aliphatic rings. The van der Waals surface area contributed by atoms with Crippen LogP contribution in [0.4, 0.5) is 0 Å². The third-order valence-electron chi connectivity index (χ3n) is 3.19. The molecule has 0 spiro atoms. The summed E-state index contributed by atoms with van der Waals surface area (Å²) in [6.45, 7) is 3.96. The van der Waals surface area contributed by atoms with Crippen molar-refractivity contribution in [3.05, 3.63) is 35.4 Å². The highest BCUT2D eigenvalue weighted by Gasteiger charge is 2.25. The smallest absolute Gasteiger partial charge is 0.228 e. The molecule has 1 aromatic carbocycles. The van der Waals surface area contributed by atoms with Gasteiger partial charge in [0.15, 0.2) is 0 Å². The van der Waals surface area contributed by atoms with Gasteiger partial charge in [-0.3, -0.25) is 4.79 Å². The first-order valence-electron chi connectivity index (χ1n) is 6.16. The van der Waals surface area contributed by atoms with Crippen molar-refractivity contribution in [2.75, 3.05) is 19.6 Å². The first-order valence-corrected chi connectivity index (χ1v) is 6.16. The summed E-state index contributed by atoms with van der Waals surface area (Å²) in [5, 5.41) is 12.2. The fourth-order valence-corrected chi connectivity index (χ4v) is 2.10. The van der Waals surface area contributed by atoms with E-state index in [9.17, 15) is 4.79 Å². The second-order valence-corrected chi connectivity index (χ2v) is 4.60. The molecular weight excluding hydrogens is 226 g/mol. The van der Waals surface area contributed by atoms with Gasteiger partial charge < -0.3 is 10.2 Å². The van der Waals surface area contributed by atoms with Gasteiger partial charge in [0, 0.05) is 19.6 Å². The van der Waals surface area contributed by atoms with E-state index in [1.807, 2.05) is 31.2 Å². The van der Waals surface area contributed by atoms with Crippen LogP contribution in [0.25, 0.3) is 0 Å². The zero-order chi connectivity index (χ0) is 13.0. The highest BCUT2D eigenvalue weighted by molar-refractivity contribution is 5.79. The Morgan fingerprint density at radius 2 is 2.22 bits per heavy atom. The number of benzene rings is 1. The van der Waals surface area contributed by atoms with Crippen molar-refractivity contribution in [3.8, 4) is 6.07 Å². The van der Waals surface area contributed by atoms with Crippen LogP contribution in [-0.2, 0) is 11.2 Å². The summed E-state index contributed by atoms with van der Waals surface area (Å²) in [7, 11) is 0. The summed E-state index contributed by atoms with van der Waals surface area (Å²) < 4.78 is 0. The molecule has 4 heteroatoms. The molecule has 1 aromatic rings. The summed E-state index contributed by atoms with van der Waals surface area (Å²) in [6, 6.07) is 9.78. The monoisotopic (exact) mass is 243 g/mol. The number of aryl methyl sites for hydroxylation is 1. The molecule has 94 valence electrons. The van der Waals surface area contributed by atoms with E-state index in [2.05, 4.69) is 11.4 Å². The number of nitriles is 1. The van der Waals surface area contributed by atoms with E-state index >= 15 is 0 Å². The minimum atomic E-state index is -0.336.